The van der Waals surface area contributed by atoms with Gasteiger partial charge in [0.1, 0.15) is 4.88 Å². The van der Waals surface area contributed by atoms with Crippen molar-refractivity contribution >= 4 is 43.8 Å². The maximum atomic E-state index is 11.0. The van der Waals surface area contributed by atoms with Crippen LogP contribution in [0, 0.1) is 0 Å². The molecule has 0 spiro atoms. The maximum absolute atomic E-state index is 11.0. The molecule has 0 aliphatic rings. The minimum absolute atomic E-state index is 0.0234. The summed E-state index contributed by atoms with van der Waals surface area (Å²) in [6.07, 6.45) is 0. The van der Waals surface area contributed by atoms with Gasteiger partial charge in [-0.2, -0.15) is 0 Å². The number of hydrogen-bond acceptors (Lipinski definition) is 4. The zero-order valence-corrected chi connectivity index (χ0v) is 8.87. The molecule has 1 N–H and O–H groups in total. The number of carboxylic acid groups (broad SMARTS) is 1. The average Bonchev–Trinajstić information content (AvgIpc) is 2.57. The van der Waals surface area contributed by atoms with Gasteiger partial charge in [-0.1, -0.05) is 0 Å². The largest absolute Gasteiger partial charge is 0.477 e. The van der Waals surface area contributed by atoms with Gasteiger partial charge in [0, 0.05) is 5.39 Å². The molecule has 0 aromatic carbocycles. The summed E-state index contributed by atoms with van der Waals surface area (Å²) in [5.41, 5.74) is 0. The highest BCUT2D eigenvalue weighted by molar-refractivity contribution is 7.39. The lowest BCUT2D eigenvalue weighted by molar-refractivity contribution is 0.0702. The molecule has 0 bridgehead atoms. The molecule has 0 aliphatic carbocycles. The van der Waals surface area contributed by atoms with E-state index in [0.29, 0.717) is 9.75 Å². The van der Waals surface area contributed by atoms with E-state index >= 15 is 0 Å². The Balaban J connectivity index is 2.56. The highest BCUT2D eigenvalue weighted by Crippen LogP contribution is 2.33. The van der Waals surface area contributed by atoms with Crippen LogP contribution in [0.15, 0.2) is 12.1 Å². The molecule has 5 heteroatoms. The van der Waals surface area contributed by atoms with Crippen molar-refractivity contribution in [1.82, 2.24) is 0 Å². The molecule has 0 aliphatic heterocycles. The molecule has 2 heterocycles. The predicted molar refractivity (Wildman–Crippen MR) is 56.7 cm³/mol. The molecule has 2 aromatic heterocycles. The Morgan fingerprint density at radius 3 is 2.29 bits per heavy atom. The van der Waals surface area contributed by atoms with Crippen LogP contribution in [-0.4, -0.2) is 16.9 Å². The Morgan fingerprint density at radius 2 is 1.79 bits per heavy atom. The predicted octanol–water partition coefficient (Wildman–Crippen LogP) is 2.86. The fourth-order valence-corrected chi connectivity index (χ4v) is 3.30. The summed E-state index contributed by atoms with van der Waals surface area (Å²) in [5.74, 6) is -0.891. The van der Waals surface area contributed by atoms with Crippen molar-refractivity contribution < 1.29 is 14.7 Å². The third-order valence-electron chi connectivity index (χ3n) is 1.77. The van der Waals surface area contributed by atoms with Crippen LogP contribution in [0.5, 0.6) is 0 Å². The standard InChI is InChI=1S/C9H6O3S2/c1-4(10)6-2-5-3-7(8(11)12)14-9(5)13-6/h2-3H,1H3,(H,11,12). The minimum atomic E-state index is -0.914. The molecule has 2 rings (SSSR count). The van der Waals surface area contributed by atoms with Crippen LogP contribution in [0.25, 0.3) is 9.40 Å². The molecule has 14 heavy (non-hydrogen) atoms. The first-order valence-corrected chi connectivity index (χ1v) is 5.49. The maximum Gasteiger partial charge on any atom is 0.345 e. The average molecular weight is 226 g/mol. The van der Waals surface area contributed by atoms with Gasteiger partial charge >= 0.3 is 5.97 Å². The molecule has 72 valence electrons. The Kier molecular flexibility index (Phi) is 2.13. The van der Waals surface area contributed by atoms with Crippen LogP contribution < -0.4 is 0 Å². The van der Waals surface area contributed by atoms with Crippen molar-refractivity contribution in [3.63, 3.8) is 0 Å². The van der Waals surface area contributed by atoms with Crippen LogP contribution in [0.3, 0.4) is 0 Å². The summed E-state index contributed by atoms with van der Waals surface area (Å²) in [5, 5.41) is 9.58. The molecule has 0 saturated heterocycles. The second-order valence-corrected chi connectivity index (χ2v) is 5.19. The van der Waals surface area contributed by atoms with Gasteiger partial charge in [0.25, 0.3) is 0 Å². The van der Waals surface area contributed by atoms with Gasteiger partial charge in [0.15, 0.2) is 5.78 Å². The van der Waals surface area contributed by atoms with Gasteiger partial charge in [-0.15, -0.1) is 22.7 Å². The summed E-state index contributed by atoms with van der Waals surface area (Å²) < 4.78 is 0.896. The highest BCUT2D eigenvalue weighted by atomic mass is 32.2. The first-order valence-electron chi connectivity index (χ1n) is 3.85. The first-order chi connectivity index (χ1) is 6.58. The Labute approximate surface area is 87.6 Å². The number of carboxylic acids is 1. The second kappa shape index (κ2) is 3.18. The quantitative estimate of drug-likeness (QED) is 0.801. The number of rotatable bonds is 2. The van der Waals surface area contributed by atoms with Crippen LogP contribution in [-0.2, 0) is 0 Å². The minimum Gasteiger partial charge on any atom is -0.477 e. The molecule has 0 radical (unpaired) electrons. The van der Waals surface area contributed by atoms with E-state index in [2.05, 4.69) is 0 Å². The third kappa shape index (κ3) is 1.44. The van der Waals surface area contributed by atoms with Crippen LogP contribution in [0.1, 0.15) is 26.3 Å². The lowest BCUT2D eigenvalue weighted by atomic mass is 10.3. The van der Waals surface area contributed by atoms with E-state index in [1.54, 1.807) is 12.1 Å². The van der Waals surface area contributed by atoms with E-state index in [9.17, 15) is 9.59 Å². The van der Waals surface area contributed by atoms with Gasteiger partial charge in [-0.3, -0.25) is 4.79 Å². The molecule has 0 unspecified atom stereocenters. The highest BCUT2D eigenvalue weighted by Gasteiger charge is 2.12. The van der Waals surface area contributed by atoms with Gasteiger partial charge in [0.05, 0.1) is 8.89 Å². The van der Waals surface area contributed by atoms with E-state index in [0.717, 1.165) is 9.40 Å². The van der Waals surface area contributed by atoms with Crippen LogP contribution in [0.4, 0.5) is 0 Å². The Hall–Kier alpha value is -1.20. The third-order valence-corrected chi connectivity index (χ3v) is 4.25. The molecule has 3 nitrogen and oxygen atoms in total. The van der Waals surface area contributed by atoms with Gasteiger partial charge in [0.2, 0.25) is 0 Å². The van der Waals surface area contributed by atoms with Crippen LogP contribution >= 0.6 is 22.7 Å². The number of fused-ring (bicyclic) bond motifs is 1. The van der Waals surface area contributed by atoms with E-state index in [1.165, 1.54) is 29.6 Å². The number of hydrogen-bond donors (Lipinski definition) is 1. The molecule has 0 atom stereocenters. The van der Waals surface area contributed by atoms with Crippen molar-refractivity contribution in [2.24, 2.45) is 0 Å². The van der Waals surface area contributed by atoms with Crippen molar-refractivity contribution in [2.75, 3.05) is 0 Å². The van der Waals surface area contributed by atoms with Crippen molar-refractivity contribution in [1.29, 1.82) is 0 Å². The Morgan fingerprint density at radius 1 is 1.21 bits per heavy atom. The number of aromatic carboxylic acids is 1. The summed E-state index contributed by atoms with van der Waals surface area (Å²) in [4.78, 5) is 22.7. The molecular weight excluding hydrogens is 220 g/mol. The number of ketones is 1. The molecule has 0 saturated carbocycles. The Bertz CT molecular complexity index is 446. The molecular formula is C9H6O3S2. The number of Topliss-reactive ketones (excluding diaryl/α,β-unsaturated/α-hetero) is 1. The van der Waals surface area contributed by atoms with Crippen LogP contribution in [0.2, 0.25) is 0 Å². The number of carbonyl (C=O) groups excluding carboxylic acids is 1. The summed E-state index contributed by atoms with van der Waals surface area (Å²) in [6, 6.07) is 3.34. The zero-order valence-electron chi connectivity index (χ0n) is 7.23. The second-order valence-electron chi connectivity index (χ2n) is 2.83. The normalized spacial score (nSPS) is 10.6. The smallest absolute Gasteiger partial charge is 0.345 e. The molecule has 0 amide bonds. The monoisotopic (exact) mass is 226 g/mol. The van der Waals surface area contributed by atoms with Crippen molar-refractivity contribution in [3.05, 3.63) is 21.9 Å². The summed E-state index contributed by atoms with van der Waals surface area (Å²) in [7, 11) is 0. The van der Waals surface area contributed by atoms with Crippen molar-refractivity contribution in [3.8, 4) is 0 Å². The summed E-state index contributed by atoms with van der Waals surface area (Å²) >= 11 is 2.56. The SMILES string of the molecule is CC(=O)c1cc2cc(C(=O)O)sc2s1. The lowest BCUT2D eigenvalue weighted by Crippen LogP contribution is -1.89. The van der Waals surface area contributed by atoms with E-state index in [1.807, 2.05) is 0 Å². The molecule has 2 aromatic rings. The van der Waals surface area contributed by atoms with E-state index in [-0.39, 0.29) is 5.78 Å². The number of thiophene rings is 2. The number of carbonyl (C=O) groups is 2. The van der Waals surface area contributed by atoms with E-state index in [4.69, 9.17) is 5.11 Å². The van der Waals surface area contributed by atoms with E-state index < -0.39 is 5.97 Å². The molecule has 0 fully saturated rings. The fourth-order valence-electron chi connectivity index (χ4n) is 1.12. The van der Waals surface area contributed by atoms with Gasteiger partial charge < -0.3 is 5.11 Å². The topological polar surface area (TPSA) is 54.4 Å². The lowest BCUT2D eigenvalue weighted by Gasteiger charge is -1.84. The van der Waals surface area contributed by atoms with Crippen molar-refractivity contribution in [2.45, 2.75) is 6.92 Å². The first kappa shape index (κ1) is 9.36. The fraction of sp³-hybridized carbons (Fsp3) is 0.111. The summed E-state index contributed by atoms with van der Waals surface area (Å²) in [6.45, 7) is 1.51. The zero-order chi connectivity index (χ0) is 10.3. The van der Waals surface area contributed by atoms with Gasteiger partial charge in [-0.05, 0) is 19.1 Å². The van der Waals surface area contributed by atoms with Gasteiger partial charge in [-0.25, -0.2) is 4.79 Å².